The highest BCUT2D eigenvalue weighted by molar-refractivity contribution is 5.59. The summed E-state index contributed by atoms with van der Waals surface area (Å²) in [4.78, 5) is 10.6. The summed E-state index contributed by atoms with van der Waals surface area (Å²) in [5.41, 5.74) is 4.71. The highest BCUT2D eigenvalue weighted by Crippen LogP contribution is 2.24. The van der Waals surface area contributed by atoms with Crippen LogP contribution < -0.4 is 9.64 Å². The lowest BCUT2D eigenvalue weighted by Crippen LogP contribution is -2.20. The van der Waals surface area contributed by atoms with E-state index in [-0.39, 0.29) is 0 Å². The predicted molar refractivity (Wildman–Crippen MR) is 106 cm³/mol. The van der Waals surface area contributed by atoms with E-state index in [1.54, 1.807) is 24.0 Å². The van der Waals surface area contributed by atoms with Gasteiger partial charge in [-0.2, -0.15) is 4.52 Å². The quantitative estimate of drug-likeness (QED) is 0.530. The summed E-state index contributed by atoms with van der Waals surface area (Å²) < 4.78 is 7.24. The summed E-state index contributed by atoms with van der Waals surface area (Å²) in [5, 5.41) is 13.2. The van der Waals surface area contributed by atoms with E-state index in [1.807, 2.05) is 38.2 Å². The number of nitrogens with zero attached hydrogens (tertiary/aromatic N) is 7. The molecule has 142 valence electrons. The van der Waals surface area contributed by atoms with Crippen LogP contribution in [0.5, 0.6) is 5.88 Å². The summed E-state index contributed by atoms with van der Waals surface area (Å²) in [6.45, 7) is 4.65. The third kappa shape index (κ3) is 3.24. The maximum Gasteiger partial charge on any atom is 0.218 e. The van der Waals surface area contributed by atoms with Crippen molar-refractivity contribution in [1.29, 1.82) is 0 Å². The second-order valence-corrected chi connectivity index (χ2v) is 6.65. The number of hydrogen-bond acceptors (Lipinski definition) is 7. The molecule has 8 nitrogen and oxygen atoms in total. The van der Waals surface area contributed by atoms with Gasteiger partial charge in [-0.25, -0.2) is 4.98 Å². The van der Waals surface area contributed by atoms with Gasteiger partial charge in [0.1, 0.15) is 5.82 Å². The fourth-order valence-electron chi connectivity index (χ4n) is 3.17. The van der Waals surface area contributed by atoms with Crippen LogP contribution in [0.4, 0.5) is 5.82 Å². The molecule has 0 unspecified atom stereocenters. The molecule has 0 spiro atoms. The Morgan fingerprint density at radius 2 is 1.86 bits per heavy atom. The van der Waals surface area contributed by atoms with E-state index in [0.29, 0.717) is 23.9 Å². The Balaban J connectivity index is 1.70. The van der Waals surface area contributed by atoms with Crippen LogP contribution in [0, 0.1) is 13.8 Å². The van der Waals surface area contributed by atoms with Crippen LogP contribution in [0.2, 0.25) is 0 Å². The Morgan fingerprint density at radius 1 is 1.07 bits per heavy atom. The summed E-state index contributed by atoms with van der Waals surface area (Å²) in [6, 6.07) is 9.68. The van der Waals surface area contributed by atoms with E-state index in [0.717, 1.165) is 28.2 Å². The third-order valence-electron chi connectivity index (χ3n) is 4.60. The van der Waals surface area contributed by atoms with Gasteiger partial charge in [0.25, 0.3) is 0 Å². The van der Waals surface area contributed by atoms with Gasteiger partial charge >= 0.3 is 0 Å². The molecule has 0 atom stereocenters. The topological polar surface area (TPSA) is 81.3 Å². The fraction of sp³-hybridized carbons (Fsp3) is 0.250. The molecule has 0 saturated carbocycles. The molecule has 0 saturated heterocycles. The molecule has 4 heterocycles. The van der Waals surface area contributed by atoms with Crippen molar-refractivity contribution in [1.82, 2.24) is 29.8 Å². The van der Waals surface area contributed by atoms with Gasteiger partial charge in [-0.3, -0.25) is 4.98 Å². The molecule has 0 aliphatic heterocycles. The second-order valence-electron chi connectivity index (χ2n) is 6.65. The van der Waals surface area contributed by atoms with Crippen molar-refractivity contribution in [2.75, 3.05) is 19.1 Å². The number of fused-ring (bicyclic) bond motifs is 1. The first kappa shape index (κ1) is 17.8. The van der Waals surface area contributed by atoms with Gasteiger partial charge in [-0.1, -0.05) is 0 Å². The Morgan fingerprint density at radius 3 is 2.61 bits per heavy atom. The van der Waals surface area contributed by atoms with Gasteiger partial charge in [-0.05, 0) is 49.7 Å². The lowest BCUT2D eigenvalue weighted by molar-refractivity contribution is 0.390. The standard InChI is InChI=1S/C20H21N7O/c1-13-11-14(2)22-20(28-4)16(13)12-26(3)18-6-5-17-23-24-19(27(17)25-18)15-7-9-21-10-8-15/h5-11H,12H2,1-4H3. The van der Waals surface area contributed by atoms with Gasteiger partial charge < -0.3 is 9.64 Å². The molecule has 0 radical (unpaired) electrons. The highest BCUT2D eigenvalue weighted by Gasteiger charge is 2.15. The van der Waals surface area contributed by atoms with Crippen molar-refractivity contribution in [2.45, 2.75) is 20.4 Å². The van der Waals surface area contributed by atoms with Gasteiger partial charge in [0.15, 0.2) is 11.5 Å². The number of hydrogen-bond donors (Lipinski definition) is 0. The molecule has 8 heteroatoms. The maximum absolute atomic E-state index is 5.49. The molecule has 0 aromatic carbocycles. The minimum Gasteiger partial charge on any atom is -0.481 e. The van der Waals surface area contributed by atoms with Gasteiger partial charge in [0.05, 0.1) is 7.11 Å². The Kier molecular flexibility index (Phi) is 4.60. The van der Waals surface area contributed by atoms with Crippen LogP contribution >= 0.6 is 0 Å². The van der Waals surface area contributed by atoms with Crippen molar-refractivity contribution in [2.24, 2.45) is 0 Å². The highest BCUT2D eigenvalue weighted by atomic mass is 16.5. The average molecular weight is 375 g/mol. The van der Waals surface area contributed by atoms with Crippen LogP contribution in [0.25, 0.3) is 17.0 Å². The number of anilines is 1. The normalized spacial score (nSPS) is 11.0. The molecule has 0 fully saturated rings. The Hall–Kier alpha value is -3.55. The van der Waals surface area contributed by atoms with Crippen molar-refractivity contribution in [3.63, 3.8) is 0 Å². The minimum atomic E-state index is 0.619. The first-order valence-electron chi connectivity index (χ1n) is 8.92. The van der Waals surface area contributed by atoms with Gasteiger partial charge in [0, 0.05) is 42.8 Å². The summed E-state index contributed by atoms with van der Waals surface area (Å²) in [7, 11) is 3.64. The van der Waals surface area contributed by atoms with E-state index in [2.05, 4.69) is 38.1 Å². The van der Waals surface area contributed by atoms with Crippen LogP contribution in [-0.4, -0.2) is 43.9 Å². The molecule has 4 rings (SSSR count). The predicted octanol–water partition coefficient (Wildman–Crippen LogP) is 2.84. The monoisotopic (exact) mass is 375 g/mol. The molecule has 4 aromatic heterocycles. The number of rotatable bonds is 5. The average Bonchev–Trinajstić information content (AvgIpc) is 3.13. The fourth-order valence-corrected chi connectivity index (χ4v) is 3.17. The summed E-state index contributed by atoms with van der Waals surface area (Å²) >= 11 is 0. The first-order valence-corrected chi connectivity index (χ1v) is 8.92. The smallest absolute Gasteiger partial charge is 0.218 e. The molecule has 0 N–H and O–H groups in total. The number of pyridine rings is 2. The third-order valence-corrected chi connectivity index (χ3v) is 4.60. The van der Waals surface area contributed by atoms with Gasteiger partial charge in [-0.15, -0.1) is 15.3 Å². The molecule has 0 bridgehead atoms. The maximum atomic E-state index is 5.49. The largest absolute Gasteiger partial charge is 0.481 e. The molecule has 0 amide bonds. The molecule has 4 aromatic rings. The minimum absolute atomic E-state index is 0.619. The number of ether oxygens (including phenoxy) is 1. The van der Waals surface area contributed by atoms with Crippen LogP contribution in [0.15, 0.2) is 42.7 Å². The van der Waals surface area contributed by atoms with E-state index < -0.39 is 0 Å². The van der Waals surface area contributed by atoms with Gasteiger partial charge in [0.2, 0.25) is 5.88 Å². The van der Waals surface area contributed by atoms with Crippen molar-refractivity contribution >= 4 is 11.5 Å². The lowest BCUT2D eigenvalue weighted by Gasteiger charge is -2.21. The molecule has 0 aliphatic rings. The second kappa shape index (κ2) is 7.22. The lowest BCUT2D eigenvalue weighted by atomic mass is 10.1. The van der Waals surface area contributed by atoms with Crippen LogP contribution in [-0.2, 0) is 6.54 Å². The molecule has 28 heavy (non-hydrogen) atoms. The number of aromatic nitrogens is 6. The van der Waals surface area contributed by atoms with E-state index in [4.69, 9.17) is 9.84 Å². The van der Waals surface area contributed by atoms with Crippen molar-refractivity contribution < 1.29 is 4.74 Å². The number of aryl methyl sites for hydroxylation is 2. The summed E-state index contributed by atoms with van der Waals surface area (Å²) in [6.07, 6.45) is 3.46. The van der Waals surface area contributed by atoms with Crippen LogP contribution in [0.3, 0.4) is 0 Å². The molecule has 0 aliphatic carbocycles. The zero-order chi connectivity index (χ0) is 19.7. The zero-order valence-corrected chi connectivity index (χ0v) is 16.3. The SMILES string of the molecule is COc1nc(C)cc(C)c1CN(C)c1ccc2nnc(-c3ccncc3)n2n1. The summed E-state index contributed by atoms with van der Waals surface area (Å²) in [5.74, 6) is 2.12. The first-order chi connectivity index (χ1) is 13.6. The Bertz CT molecular complexity index is 1120. The van der Waals surface area contributed by atoms with Crippen molar-refractivity contribution in [3.8, 4) is 17.3 Å². The van der Waals surface area contributed by atoms with E-state index in [9.17, 15) is 0 Å². The molecular weight excluding hydrogens is 354 g/mol. The Labute approximate surface area is 162 Å². The van der Waals surface area contributed by atoms with Crippen LogP contribution in [0.1, 0.15) is 16.8 Å². The van der Waals surface area contributed by atoms with E-state index in [1.165, 1.54) is 0 Å². The van der Waals surface area contributed by atoms with E-state index >= 15 is 0 Å². The van der Waals surface area contributed by atoms with Crippen molar-refractivity contribution in [3.05, 3.63) is 59.5 Å². The number of methoxy groups -OCH3 is 1. The molecular formula is C20H21N7O. The zero-order valence-electron chi connectivity index (χ0n) is 16.3.